The van der Waals surface area contributed by atoms with Crippen LogP contribution in [0, 0.1) is 34.6 Å². The Morgan fingerprint density at radius 1 is 0.778 bits per heavy atom. The summed E-state index contributed by atoms with van der Waals surface area (Å²) >= 11 is 1.56. The van der Waals surface area contributed by atoms with Crippen molar-refractivity contribution in [3.8, 4) is 11.1 Å². The van der Waals surface area contributed by atoms with Gasteiger partial charge in [0.05, 0.1) is 0 Å². The average molecular weight is 449 g/mol. The molecule has 0 saturated carbocycles. The van der Waals surface area contributed by atoms with Crippen LogP contribution >= 0.6 is 0 Å². The van der Waals surface area contributed by atoms with Gasteiger partial charge >= 0.3 is 182 Å². The summed E-state index contributed by atoms with van der Waals surface area (Å²) < 4.78 is 1.61. The molecule has 2 aliphatic rings. The molecule has 0 amide bonds. The van der Waals surface area contributed by atoms with Gasteiger partial charge in [-0.25, -0.2) is 0 Å². The Morgan fingerprint density at radius 2 is 1.33 bits per heavy atom. The Balaban J connectivity index is 2.07. The summed E-state index contributed by atoms with van der Waals surface area (Å²) in [6, 6.07) is 0. The minimum atomic E-state index is -0.886. The molecular weight excluding hydrogens is 420 g/mol. The second kappa shape index (κ2) is 6.82. The molecule has 0 radical (unpaired) electrons. The number of hydrogen-bond donors (Lipinski definition) is 0. The maximum atomic E-state index is 2.50. The number of allylic oxidation sites excluding steroid dienone is 4. The molecule has 0 atom stereocenters. The van der Waals surface area contributed by atoms with Crippen LogP contribution < -0.4 is 8.46 Å². The van der Waals surface area contributed by atoms with Gasteiger partial charge in [-0.05, 0) is 0 Å². The normalized spacial score (nSPS) is 15.1. The first kappa shape index (κ1) is 19.3. The van der Waals surface area contributed by atoms with Crippen molar-refractivity contribution in [1.82, 2.24) is 0 Å². The molecule has 0 aliphatic heterocycles. The van der Waals surface area contributed by atoms with Gasteiger partial charge in [0.1, 0.15) is 0 Å². The summed E-state index contributed by atoms with van der Waals surface area (Å²) in [6.07, 6.45) is 10.3. The summed E-state index contributed by atoms with van der Waals surface area (Å²) in [7, 11) is -0.886. The van der Waals surface area contributed by atoms with Gasteiger partial charge in [0, 0.05) is 0 Å². The third-order valence-electron chi connectivity index (χ3n) is 7.01. The van der Waals surface area contributed by atoms with Crippen LogP contribution in [0.3, 0.4) is 0 Å². The van der Waals surface area contributed by atoms with Gasteiger partial charge in [-0.2, -0.15) is 0 Å². The van der Waals surface area contributed by atoms with Gasteiger partial charge in [-0.3, -0.25) is 0 Å². The molecule has 0 spiro atoms. The van der Waals surface area contributed by atoms with Gasteiger partial charge in [-0.15, -0.1) is 0 Å². The fourth-order valence-corrected chi connectivity index (χ4v) is 8.81. The standard InChI is InChI=1S/C25H29Si.Zr/c1-14-16(3)24-22(25(18(14)5)26(6)7)13-20-12-21(19-10-8-9-11-19)15(2)17(4)23(20)24;/h8-11,19,26H,13H2,1-7H3;. The van der Waals surface area contributed by atoms with Crippen molar-refractivity contribution in [2.45, 2.75) is 60.1 Å². The Morgan fingerprint density at radius 3 is 1.93 bits per heavy atom. The van der Waals surface area contributed by atoms with Crippen molar-refractivity contribution in [3.05, 3.63) is 68.8 Å². The average Bonchev–Trinajstić information content (AvgIpc) is 3.26. The van der Waals surface area contributed by atoms with Gasteiger partial charge < -0.3 is 0 Å². The Bertz CT molecular complexity index is 1030. The van der Waals surface area contributed by atoms with Crippen LogP contribution in [0.1, 0.15) is 50.4 Å². The molecule has 2 aromatic carbocycles. The topological polar surface area (TPSA) is 0 Å². The van der Waals surface area contributed by atoms with Crippen molar-refractivity contribution in [2.75, 3.05) is 0 Å². The second-order valence-corrected chi connectivity index (χ2v) is 12.8. The summed E-state index contributed by atoms with van der Waals surface area (Å²) in [5.74, 6) is 0.468. The van der Waals surface area contributed by atoms with Gasteiger partial charge in [-0.1, -0.05) is 0 Å². The quantitative estimate of drug-likeness (QED) is 0.490. The predicted octanol–water partition coefficient (Wildman–Crippen LogP) is 4.88. The van der Waals surface area contributed by atoms with Crippen LogP contribution in [0.4, 0.5) is 0 Å². The summed E-state index contributed by atoms with van der Waals surface area (Å²) in [4.78, 5) is 0. The van der Waals surface area contributed by atoms with Gasteiger partial charge in [0.25, 0.3) is 0 Å². The van der Waals surface area contributed by atoms with E-state index in [1.165, 1.54) is 22.3 Å². The van der Waals surface area contributed by atoms with Crippen LogP contribution in [-0.4, -0.2) is 8.80 Å². The van der Waals surface area contributed by atoms with Gasteiger partial charge in [0.2, 0.25) is 0 Å². The van der Waals surface area contributed by atoms with E-state index in [0.29, 0.717) is 5.92 Å². The zero-order chi connectivity index (χ0) is 19.6. The first-order valence-electron chi connectivity index (χ1n) is 10.1. The molecule has 0 nitrogen and oxygen atoms in total. The van der Waals surface area contributed by atoms with E-state index < -0.39 is 8.80 Å². The fraction of sp³-hybridized carbons (Fsp3) is 0.360. The van der Waals surface area contributed by atoms with Crippen molar-refractivity contribution in [2.24, 2.45) is 0 Å². The zero-order valence-electron chi connectivity index (χ0n) is 17.7. The molecule has 0 bridgehead atoms. The number of rotatable bonds is 2. The summed E-state index contributed by atoms with van der Waals surface area (Å²) in [5.41, 5.74) is 15.7. The van der Waals surface area contributed by atoms with E-state index in [9.17, 15) is 0 Å². The van der Waals surface area contributed by atoms with Crippen molar-refractivity contribution >= 4 is 17.3 Å². The Hall–Kier alpha value is -0.980. The summed E-state index contributed by atoms with van der Waals surface area (Å²) in [6.45, 7) is 16.8. The van der Waals surface area contributed by atoms with Gasteiger partial charge in [0.15, 0.2) is 0 Å². The van der Waals surface area contributed by atoms with E-state index in [0.717, 1.165) is 6.42 Å². The molecule has 4 rings (SSSR count). The molecule has 0 heterocycles. The molecule has 0 fully saturated rings. The molecule has 2 aromatic rings. The van der Waals surface area contributed by atoms with E-state index in [1.54, 1.807) is 66.6 Å². The number of hydrogen-bond acceptors (Lipinski definition) is 0. The van der Waals surface area contributed by atoms with Crippen LogP contribution in [0.2, 0.25) is 13.1 Å². The Kier molecular flexibility index (Phi) is 4.88. The van der Waals surface area contributed by atoms with Crippen LogP contribution in [0.5, 0.6) is 0 Å². The second-order valence-electron chi connectivity index (χ2n) is 8.66. The van der Waals surface area contributed by atoms with Crippen LogP contribution in [-0.2, 0) is 31.1 Å². The van der Waals surface area contributed by atoms with Crippen molar-refractivity contribution in [1.29, 1.82) is 0 Å². The van der Waals surface area contributed by atoms with Crippen LogP contribution in [0.25, 0.3) is 11.1 Å². The third-order valence-corrected chi connectivity index (χ3v) is 10.3. The van der Waals surface area contributed by atoms with Crippen molar-refractivity contribution in [3.63, 3.8) is 0 Å². The molecule has 27 heavy (non-hydrogen) atoms. The predicted molar refractivity (Wildman–Crippen MR) is 118 cm³/mol. The molecular formula is C25H29SiZr. The first-order chi connectivity index (χ1) is 12.8. The molecule has 0 saturated heterocycles. The van der Waals surface area contributed by atoms with E-state index in [1.807, 2.05) is 0 Å². The molecule has 0 aromatic heterocycles. The fourth-order valence-electron chi connectivity index (χ4n) is 5.39. The SMILES string of the molecule is Cc1c(C)c2c(c([SiH](C)C)c1C)Cc1[c]([Zr])c(C3C=CC=C3)c(C)c(C)c1-2. The van der Waals surface area contributed by atoms with Crippen molar-refractivity contribution < 1.29 is 24.7 Å². The number of benzene rings is 2. The maximum absolute atomic E-state index is 2.50. The Labute approximate surface area is 181 Å². The molecule has 137 valence electrons. The van der Waals surface area contributed by atoms with E-state index in [4.69, 9.17) is 0 Å². The summed E-state index contributed by atoms with van der Waals surface area (Å²) in [5, 5.41) is 1.73. The molecule has 0 unspecified atom stereocenters. The zero-order valence-corrected chi connectivity index (χ0v) is 21.3. The minimum absolute atomic E-state index is 0.468. The molecule has 2 aliphatic carbocycles. The first-order valence-corrected chi connectivity index (χ1v) is 14.2. The number of fused-ring (bicyclic) bond motifs is 3. The molecule has 0 N–H and O–H groups in total. The monoisotopic (exact) mass is 447 g/mol. The molecule has 2 heteroatoms. The van der Waals surface area contributed by atoms with E-state index in [2.05, 4.69) is 72.0 Å². The van der Waals surface area contributed by atoms with E-state index in [-0.39, 0.29) is 0 Å². The van der Waals surface area contributed by atoms with Crippen LogP contribution in [0.15, 0.2) is 24.3 Å². The third kappa shape index (κ3) is 2.70. The van der Waals surface area contributed by atoms with E-state index >= 15 is 0 Å².